The van der Waals surface area contributed by atoms with Crippen molar-refractivity contribution in [2.45, 2.75) is 39.5 Å². The summed E-state index contributed by atoms with van der Waals surface area (Å²) in [6.07, 6.45) is 3.21. The first-order valence-corrected chi connectivity index (χ1v) is 5.23. The van der Waals surface area contributed by atoms with Crippen LogP contribution in [0.25, 0.3) is 0 Å². The first-order chi connectivity index (χ1) is 6.64. The van der Waals surface area contributed by atoms with Gasteiger partial charge in [0.1, 0.15) is 0 Å². The minimum absolute atomic E-state index is 0.325. The van der Waals surface area contributed by atoms with E-state index in [0.717, 1.165) is 12.8 Å². The molecule has 0 aromatic carbocycles. The van der Waals surface area contributed by atoms with E-state index in [4.69, 9.17) is 10.00 Å². The molecule has 0 atom stereocenters. The van der Waals surface area contributed by atoms with Gasteiger partial charge in [-0.1, -0.05) is 6.92 Å². The first-order valence-electron chi connectivity index (χ1n) is 5.23. The van der Waals surface area contributed by atoms with Crippen molar-refractivity contribution in [3.63, 3.8) is 0 Å². The summed E-state index contributed by atoms with van der Waals surface area (Å²) in [4.78, 5) is 11.6. The lowest BCUT2D eigenvalue weighted by Crippen LogP contribution is -2.35. The Bertz CT molecular complexity index is 247. The molecule has 0 N–H and O–H groups in total. The van der Waals surface area contributed by atoms with Crippen LogP contribution in [0.2, 0.25) is 0 Å². The number of carbonyl (C=O) groups is 1. The zero-order valence-corrected chi connectivity index (χ0v) is 8.88. The average Bonchev–Trinajstić information content (AvgIpc) is 2.20. The van der Waals surface area contributed by atoms with Gasteiger partial charge in [-0.25, -0.2) is 0 Å². The van der Waals surface area contributed by atoms with Gasteiger partial charge in [-0.3, -0.25) is 4.79 Å². The smallest absolute Gasteiger partial charge is 0.326 e. The van der Waals surface area contributed by atoms with Crippen molar-refractivity contribution < 1.29 is 9.53 Å². The zero-order valence-electron chi connectivity index (χ0n) is 8.88. The van der Waals surface area contributed by atoms with Crippen LogP contribution in [-0.2, 0) is 9.53 Å². The van der Waals surface area contributed by atoms with Crippen LogP contribution < -0.4 is 0 Å². The van der Waals surface area contributed by atoms with E-state index in [1.165, 1.54) is 0 Å². The van der Waals surface area contributed by atoms with E-state index in [-0.39, 0.29) is 5.97 Å². The predicted molar refractivity (Wildman–Crippen MR) is 52.3 cm³/mol. The van der Waals surface area contributed by atoms with Gasteiger partial charge in [0.25, 0.3) is 0 Å². The van der Waals surface area contributed by atoms with Gasteiger partial charge >= 0.3 is 5.97 Å². The molecule has 0 bridgehead atoms. The summed E-state index contributed by atoms with van der Waals surface area (Å²) in [7, 11) is 0. The molecular formula is C11H17NO2. The van der Waals surface area contributed by atoms with Crippen LogP contribution in [0.15, 0.2) is 0 Å². The van der Waals surface area contributed by atoms with Gasteiger partial charge in [0.15, 0.2) is 5.41 Å². The van der Waals surface area contributed by atoms with Crippen LogP contribution in [0.1, 0.15) is 39.5 Å². The fraction of sp³-hybridized carbons (Fsp3) is 0.818. The second-order valence-electron chi connectivity index (χ2n) is 4.10. The molecule has 0 unspecified atom stereocenters. The Morgan fingerprint density at radius 1 is 1.57 bits per heavy atom. The summed E-state index contributed by atoms with van der Waals surface area (Å²) in [5.41, 5.74) is -0.845. The molecule has 0 radical (unpaired) electrons. The van der Waals surface area contributed by atoms with Crippen LogP contribution in [0.4, 0.5) is 0 Å². The summed E-state index contributed by atoms with van der Waals surface area (Å²) in [5, 5.41) is 9.07. The van der Waals surface area contributed by atoms with Crippen molar-refractivity contribution in [1.29, 1.82) is 5.26 Å². The van der Waals surface area contributed by atoms with Crippen molar-refractivity contribution >= 4 is 5.97 Å². The Hall–Kier alpha value is -1.04. The number of hydrogen-bond acceptors (Lipinski definition) is 3. The van der Waals surface area contributed by atoms with Gasteiger partial charge in [-0.15, -0.1) is 0 Å². The van der Waals surface area contributed by atoms with Gasteiger partial charge in [-0.05, 0) is 38.5 Å². The molecule has 1 aliphatic rings. The molecule has 1 fully saturated rings. The van der Waals surface area contributed by atoms with Crippen molar-refractivity contribution in [3.8, 4) is 6.07 Å². The molecule has 0 aromatic rings. The van der Waals surface area contributed by atoms with E-state index >= 15 is 0 Å². The summed E-state index contributed by atoms with van der Waals surface area (Å²) in [5.74, 6) is 0.306. The Balaban J connectivity index is 2.68. The maximum Gasteiger partial charge on any atom is 0.326 e. The van der Waals surface area contributed by atoms with Gasteiger partial charge in [0, 0.05) is 0 Å². The fourth-order valence-corrected chi connectivity index (χ4v) is 1.89. The Labute approximate surface area is 85.1 Å². The van der Waals surface area contributed by atoms with E-state index in [9.17, 15) is 4.79 Å². The third kappa shape index (κ3) is 2.06. The molecule has 14 heavy (non-hydrogen) atoms. The molecule has 0 heterocycles. The number of esters is 1. The zero-order chi connectivity index (χ0) is 10.6. The van der Waals surface area contributed by atoms with Crippen LogP contribution >= 0.6 is 0 Å². The summed E-state index contributed by atoms with van der Waals surface area (Å²) in [6, 6.07) is 2.15. The van der Waals surface area contributed by atoms with Crippen LogP contribution in [-0.4, -0.2) is 12.6 Å². The molecule has 0 aliphatic heterocycles. The highest BCUT2D eigenvalue weighted by Gasteiger charge is 2.42. The van der Waals surface area contributed by atoms with Crippen molar-refractivity contribution in [1.82, 2.24) is 0 Å². The van der Waals surface area contributed by atoms with Crippen molar-refractivity contribution in [2.75, 3.05) is 6.61 Å². The number of nitriles is 1. The number of rotatable bonds is 2. The molecule has 1 rings (SSSR count). The third-order valence-corrected chi connectivity index (χ3v) is 3.01. The monoisotopic (exact) mass is 195 g/mol. The van der Waals surface area contributed by atoms with Gasteiger partial charge in [-0.2, -0.15) is 5.26 Å². The van der Waals surface area contributed by atoms with E-state index < -0.39 is 5.41 Å². The number of nitrogens with zero attached hydrogens (tertiary/aromatic N) is 1. The normalized spacial score (nSPS) is 31.9. The van der Waals surface area contributed by atoms with Crippen LogP contribution in [0.5, 0.6) is 0 Å². The maximum atomic E-state index is 11.6. The van der Waals surface area contributed by atoms with Crippen molar-refractivity contribution in [3.05, 3.63) is 0 Å². The largest absolute Gasteiger partial charge is 0.465 e. The first kappa shape index (κ1) is 11.0. The Morgan fingerprint density at radius 3 is 2.57 bits per heavy atom. The molecule has 3 heteroatoms. The number of ether oxygens (including phenoxy) is 1. The second kappa shape index (κ2) is 4.45. The molecular weight excluding hydrogens is 178 g/mol. The van der Waals surface area contributed by atoms with E-state index in [2.05, 4.69) is 13.0 Å². The highest BCUT2D eigenvalue weighted by Crippen LogP contribution is 2.39. The summed E-state index contributed by atoms with van der Waals surface area (Å²) in [6.45, 7) is 4.29. The van der Waals surface area contributed by atoms with Gasteiger partial charge in [0.2, 0.25) is 0 Å². The van der Waals surface area contributed by atoms with E-state index in [1.807, 2.05) is 0 Å². The summed E-state index contributed by atoms with van der Waals surface area (Å²) < 4.78 is 4.95. The predicted octanol–water partition coefficient (Wildman–Crippen LogP) is 2.27. The van der Waals surface area contributed by atoms with Crippen molar-refractivity contribution in [2.24, 2.45) is 11.3 Å². The lowest BCUT2D eigenvalue weighted by atomic mass is 9.72. The third-order valence-electron chi connectivity index (χ3n) is 3.01. The standard InChI is InChI=1S/C11H17NO2/c1-3-14-10(13)11(8-12)6-4-9(2)5-7-11/h9H,3-7H2,1-2H3. The number of carbonyl (C=O) groups excluding carboxylic acids is 1. The lowest BCUT2D eigenvalue weighted by molar-refractivity contribution is -0.154. The van der Waals surface area contributed by atoms with E-state index in [0.29, 0.717) is 25.4 Å². The second-order valence-corrected chi connectivity index (χ2v) is 4.10. The SMILES string of the molecule is CCOC(=O)C1(C#N)CCC(C)CC1. The van der Waals surface area contributed by atoms with Gasteiger partial charge in [0.05, 0.1) is 12.7 Å². The Kier molecular flexibility index (Phi) is 3.51. The average molecular weight is 195 g/mol. The molecule has 1 aliphatic carbocycles. The minimum atomic E-state index is -0.845. The quantitative estimate of drug-likeness (QED) is 0.635. The Morgan fingerprint density at radius 2 is 2.14 bits per heavy atom. The van der Waals surface area contributed by atoms with Crippen LogP contribution in [0, 0.1) is 22.7 Å². The molecule has 0 aromatic heterocycles. The fourth-order valence-electron chi connectivity index (χ4n) is 1.89. The van der Waals surface area contributed by atoms with E-state index in [1.54, 1.807) is 6.92 Å². The number of hydrogen-bond donors (Lipinski definition) is 0. The van der Waals surface area contributed by atoms with Gasteiger partial charge < -0.3 is 4.74 Å². The van der Waals surface area contributed by atoms with Crippen LogP contribution in [0.3, 0.4) is 0 Å². The highest BCUT2D eigenvalue weighted by atomic mass is 16.5. The topological polar surface area (TPSA) is 50.1 Å². The summed E-state index contributed by atoms with van der Waals surface area (Å²) >= 11 is 0. The molecule has 1 saturated carbocycles. The molecule has 0 amide bonds. The minimum Gasteiger partial charge on any atom is -0.465 e. The maximum absolute atomic E-state index is 11.6. The molecule has 3 nitrogen and oxygen atoms in total. The molecule has 0 saturated heterocycles. The lowest BCUT2D eigenvalue weighted by Gasteiger charge is -2.31. The highest BCUT2D eigenvalue weighted by molar-refractivity contribution is 5.80. The molecule has 78 valence electrons. The molecule has 0 spiro atoms.